The van der Waals surface area contributed by atoms with Crippen molar-refractivity contribution in [2.45, 2.75) is 12.3 Å². The van der Waals surface area contributed by atoms with Crippen molar-refractivity contribution in [2.75, 3.05) is 0 Å². The molecule has 3 nitrogen and oxygen atoms in total. The van der Waals surface area contributed by atoms with Gasteiger partial charge in [0.2, 0.25) is 0 Å². The molecule has 0 heterocycles. The van der Waals surface area contributed by atoms with Crippen LogP contribution in [0.4, 0.5) is 0 Å². The third-order valence-electron chi connectivity index (χ3n) is 4.33. The molecule has 3 rings (SSSR count). The standard InChI is InChI=1S/C20H18O3/c1-20(14-6-10-16(21)11-7-14,15-8-12-17(22)13-9-15)18-4-2-3-5-19(18)23/h2-13,21-23H,1H3. The fraction of sp³-hybridized carbons (Fsp3) is 0.100. The van der Waals surface area contributed by atoms with Gasteiger partial charge in [0.1, 0.15) is 17.2 Å². The molecule has 116 valence electrons. The predicted octanol–water partition coefficient (Wildman–Crippen LogP) is 4.16. The molecular formula is C20H18O3. The second-order valence-electron chi connectivity index (χ2n) is 5.74. The highest BCUT2D eigenvalue weighted by atomic mass is 16.3. The Labute approximate surface area is 135 Å². The molecule has 0 unspecified atom stereocenters. The van der Waals surface area contributed by atoms with Crippen LogP contribution < -0.4 is 0 Å². The van der Waals surface area contributed by atoms with Crippen molar-refractivity contribution in [1.29, 1.82) is 0 Å². The van der Waals surface area contributed by atoms with Crippen LogP contribution in [0.1, 0.15) is 23.6 Å². The van der Waals surface area contributed by atoms with Crippen molar-refractivity contribution in [3.05, 3.63) is 89.5 Å². The average Bonchev–Trinajstić information content (AvgIpc) is 2.56. The van der Waals surface area contributed by atoms with Crippen LogP contribution in [0.5, 0.6) is 17.2 Å². The van der Waals surface area contributed by atoms with E-state index in [9.17, 15) is 15.3 Å². The molecule has 0 saturated heterocycles. The maximum Gasteiger partial charge on any atom is 0.120 e. The van der Waals surface area contributed by atoms with Gasteiger partial charge in [0, 0.05) is 11.0 Å². The van der Waals surface area contributed by atoms with Gasteiger partial charge in [-0.3, -0.25) is 0 Å². The Balaban J connectivity index is 2.27. The van der Waals surface area contributed by atoms with Gasteiger partial charge in [-0.2, -0.15) is 0 Å². The van der Waals surface area contributed by atoms with Gasteiger partial charge in [-0.1, -0.05) is 42.5 Å². The predicted molar refractivity (Wildman–Crippen MR) is 89.9 cm³/mol. The Kier molecular flexibility index (Phi) is 3.70. The first-order valence-corrected chi connectivity index (χ1v) is 7.39. The summed E-state index contributed by atoms with van der Waals surface area (Å²) < 4.78 is 0. The summed E-state index contributed by atoms with van der Waals surface area (Å²) in [6.45, 7) is 2.01. The fourth-order valence-corrected chi connectivity index (χ4v) is 2.96. The molecule has 0 bridgehead atoms. The molecular weight excluding hydrogens is 288 g/mol. The minimum absolute atomic E-state index is 0.194. The van der Waals surface area contributed by atoms with Gasteiger partial charge in [0.15, 0.2) is 0 Å². The van der Waals surface area contributed by atoms with Crippen molar-refractivity contribution in [3.8, 4) is 17.2 Å². The van der Waals surface area contributed by atoms with Crippen LogP contribution in [0.3, 0.4) is 0 Å². The molecule has 23 heavy (non-hydrogen) atoms. The molecule has 3 heteroatoms. The van der Waals surface area contributed by atoms with Crippen molar-refractivity contribution < 1.29 is 15.3 Å². The molecule has 0 aliphatic heterocycles. The Morgan fingerprint density at radius 2 is 1.04 bits per heavy atom. The zero-order valence-corrected chi connectivity index (χ0v) is 12.8. The number of aromatic hydroxyl groups is 3. The number of benzene rings is 3. The van der Waals surface area contributed by atoms with Crippen LogP contribution in [-0.4, -0.2) is 15.3 Å². The van der Waals surface area contributed by atoms with Gasteiger partial charge in [-0.05, 0) is 48.4 Å². The molecule has 0 aromatic heterocycles. The largest absolute Gasteiger partial charge is 0.508 e. The molecule has 0 spiro atoms. The summed E-state index contributed by atoms with van der Waals surface area (Å²) in [5, 5.41) is 29.5. The van der Waals surface area contributed by atoms with E-state index in [0.29, 0.717) is 0 Å². The van der Waals surface area contributed by atoms with E-state index in [-0.39, 0.29) is 17.2 Å². The van der Waals surface area contributed by atoms with Gasteiger partial charge in [-0.15, -0.1) is 0 Å². The Morgan fingerprint density at radius 1 is 0.609 bits per heavy atom. The molecule has 0 saturated carbocycles. The lowest BCUT2D eigenvalue weighted by atomic mass is 9.71. The summed E-state index contributed by atoms with van der Waals surface area (Å²) in [6.07, 6.45) is 0. The zero-order valence-electron chi connectivity index (χ0n) is 12.8. The summed E-state index contributed by atoms with van der Waals surface area (Å²) in [7, 11) is 0. The highest BCUT2D eigenvalue weighted by Gasteiger charge is 2.33. The Morgan fingerprint density at radius 3 is 1.48 bits per heavy atom. The van der Waals surface area contributed by atoms with E-state index in [1.165, 1.54) is 0 Å². The molecule has 0 amide bonds. The molecule has 0 radical (unpaired) electrons. The maximum atomic E-state index is 10.4. The number of para-hydroxylation sites is 1. The smallest absolute Gasteiger partial charge is 0.120 e. The van der Waals surface area contributed by atoms with Crippen LogP contribution in [0.2, 0.25) is 0 Å². The number of hydrogen-bond donors (Lipinski definition) is 3. The lowest BCUT2D eigenvalue weighted by molar-refractivity contribution is 0.456. The van der Waals surface area contributed by atoms with E-state index in [0.717, 1.165) is 16.7 Å². The Hall–Kier alpha value is -2.94. The zero-order chi connectivity index (χ0) is 16.4. The average molecular weight is 306 g/mol. The summed E-state index contributed by atoms with van der Waals surface area (Å²) in [6, 6.07) is 21.1. The lowest BCUT2D eigenvalue weighted by Crippen LogP contribution is -2.25. The van der Waals surface area contributed by atoms with Crippen molar-refractivity contribution in [1.82, 2.24) is 0 Å². The Bertz CT molecular complexity index is 760. The van der Waals surface area contributed by atoms with Crippen molar-refractivity contribution in [2.24, 2.45) is 0 Å². The topological polar surface area (TPSA) is 60.7 Å². The number of rotatable bonds is 3. The van der Waals surface area contributed by atoms with Gasteiger partial charge in [0.25, 0.3) is 0 Å². The van der Waals surface area contributed by atoms with E-state index in [1.54, 1.807) is 36.4 Å². The van der Waals surface area contributed by atoms with Crippen LogP contribution in [0.15, 0.2) is 72.8 Å². The lowest BCUT2D eigenvalue weighted by Gasteiger charge is -2.32. The number of hydrogen-bond acceptors (Lipinski definition) is 3. The molecule has 3 aromatic carbocycles. The van der Waals surface area contributed by atoms with Crippen LogP contribution >= 0.6 is 0 Å². The van der Waals surface area contributed by atoms with E-state index in [2.05, 4.69) is 0 Å². The summed E-state index contributed by atoms with van der Waals surface area (Å²) in [4.78, 5) is 0. The minimum atomic E-state index is -0.618. The number of phenols is 3. The van der Waals surface area contributed by atoms with Gasteiger partial charge >= 0.3 is 0 Å². The highest BCUT2D eigenvalue weighted by Crippen LogP contribution is 2.43. The first-order chi connectivity index (χ1) is 11.0. The molecule has 3 N–H and O–H groups in total. The first-order valence-electron chi connectivity index (χ1n) is 7.39. The van der Waals surface area contributed by atoms with Crippen LogP contribution in [-0.2, 0) is 5.41 Å². The third-order valence-corrected chi connectivity index (χ3v) is 4.33. The molecule has 0 aliphatic carbocycles. The molecule has 3 aromatic rings. The van der Waals surface area contributed by atoms with Gasteiger partial charge < -0.3 is 15.3 Å². The quantitative estimate of drug-likeness (QED) is 0.637. The number of phenolic OH excluding ortho intramolecular Hbond substituents is 3. The fourth-order valence-electron chi connectivity index (χ4n) is 2.96. The molecule has 0 aliphatic rings. The second-order valence-corrected chi connectivity index (χ2v) is 5.74. The molecule has 0 atom stereocenters. The minimum Gasteiger partial charge on any atom is -0.508 e. The normalized spacial score (nSPS) is 11.3. The summed E-state index contributed by atoms with van der Waals surface area (Å²) >= 11 is 0. The maximum absolute atomic E-state index is 10.4. The van der Waals surface area contributed by atoms with Gasteiger partial charge in [0.05, 0.1) is 0 Å². The van der Waals surface area contributed by atoms with Crippen molar-refractivity contribution >= 4 is 0 Å². The third kappa shape index (κ3) is 2.61. The summed E-state index contributed by atoms with van der Waals surface area (Å²) in [5.74, 6) is 0.592. The molecule has 0 fully saturated rings. The highest BCUT2D eigenvalue weighted by molar-refractivity contribution is 5.55. The van der Waals surface area contributed by atoms with E-state index in [1.807, 2.05) is 43.3 Å². The van der Waals surface area contributed by atoms with Crippen molar-refractivity contribution in [3.63, 3.8) is 0 Å². The van der Waals surface area contributed by atoms with Gasteiger partial charge in [-0.25, -0.2) is 0 Å². The van der Waals surface area contributed by atoms with Crippen LogP contribution in [0.25, 0.3) is 0 Å². The second kappa shape index (κ2) is 5.69. The monoisotopic (exact) mass is 306 g/mol. The first kappa shape index (κ1) is 15.0. The summed E-state index contributed by atoms with van der Waals surface area (Å²) in [5.41, 5.74) is 2.01. The van der Waals surface area contributed by atoms with E-state index >= 15 is 0 Å². The van der Waals surface area contributed by atoms with E-state index in [4.69, 9.17) is 0 Å². The van der Waals surface area contributed by atoms with Crippen LogP contribution in [0, 0.1) is 0 Å². The van der Waals surface area contributed by atoms with E-state index < -0.39 is 5.41 Å². The SMILES string of the molecule is CC(c1ccc(O)cc1)(c1ccc(O)cc1)c1ccccc1O.